The first-order valence-electron chi connectivity index (χ1n) is 7.59. The van der Waals surface area contributed by atoms with Crippen molar-refractivity contribution >= 4 is 32.6 Å². The minimum Gasteiger partial charge on any atom is -0.496 e. The van der Waals surface area contributed by atoms with Gasteiger partial charge in [0.1, 0.15) is 5.75 Å². The molecule has 0 aliphatic rings. The van der Waals surface area contributed by atoms with Crippen LogP contribution in [-0.4, -0.2) is 15.5 Å². The smallest absolute Gasteiger partial charge is 0.241 e. The van der Waals surface area contributed by atoms with Crippen molar-refractivity contribution in [3.8, 4) is 5.75 Å². The van der Waals surface area contributed by atoms with Crippen LogP contribution in [-0.2, 0) is 10.0 Å². The third-order valence-electron chi connectivity index (χ3n) is 4.11. The second kappa shape index (κ2) is 7.41. The van der Waals surface area contributed by atoms with Gasteiger partial charge in [0.2, 0.25) is 10.0 Å². The molecule has 0 unspecified atom stereocenters. The van der Waals surface area contributed by atoms with Crippen LogP contribution in [0.1, 0.15) is 35.2 Å². The van der Waals surface area contributed by atoms with Crippen LogP contribution in [0, 0.1) is 24.3 Å². The molecule has 0 radical (unpaired) electrons. The van der Waals surface area contributed by atoms with E-state index in [0.717, 1.165) is 20.3 Å². The summed E-state index contributed by atoms with van der Waals surface area (Å²) in [6.45, 7) is 7.96. The maximum absolute atomic E-state index is 12.7. The molecule has 0 amide bonds. The Bertz CT molecular complexity index is 863. The highest BCUT2D eigenvalue weighted by molar-refractivity contribution is 14.1. The van der Waals surface area contributed by atoms with Gasteiger partial charge in [-0.25, -0.2) is 13.1 Å². The fourth-order valence-corrected chi connectivity index (χ4v) is 4.82. The van der Waals surface area contributed by atoms with Crippen molar-refractivity contribution in [1.29, 1.82) is 0 Å². The SMILES string of the molecule is COc1ccc(S(=O)(=O)N[C@H](C)c2cc(C)c(C)cc2C)cc1I. The highest BCUT2D eigenvalue weighted by Gasteiger charge is 2.21. The molecule has 0 aliphatic heterocycles. The molecule has 24 heavy (non-hydrogen) atoms. The zero-order valence-corrected chi connectivity index (χ0v) is 17.4. The number of sulfonamides is 1. The van der Waals surface area contributed by atoms with Crippen molar-refractivity contribution in [2.75, 3.05) is 7.11 Å². The van der Waals surface area contributed by atoms with Crippen molar-refractivity contribution in [1.82, 2.24) is 4.72 Å². The van der Waals surface area contributed by atoms with Crippen molar-refractivity contribution in [2.24, 2.45) is 0 Å². The molecule has 0 saturated carbocycles. The molecule has 0 bridgehead atoms. The number of methoxy groups -OCH3 is 1. The van der Waals surface area contributed by atoms with E-state index < -0.39 is 10.0 Å². The lowest BCUT2D eigenvalue weighted by Gasteiger charge is -2.19. The predicted octanol–water partition coefficient (Wildman–Crippen LogP) is 4.26. The van der Waals surface area contributed by atoms with Crippen molar-refractivity contribution in [3.05, 3.63) is 56.2 Å². The summed E-state index contributed by atoms with van der Waals surface area (Å²) in [7, 11) is -2.04. The highest BCUT2D eigenvalue weighted by atomic mass is 127. The molecule has 1 atom stereocenters. The Kier molecular flexibility index (Phi) is 5.93. The van der Waals surface area contributed by atoms with Gasteiger partial charge in [-0.05, 0) is 90.7 Å². The first-order chi connectivity index (χ1) is 11.2. The van der Waals surface area contributed by atoms with Crippen LogP contribution in [0.3, 0.4) is 0 Å². The van der Waals surface area contributed by atoms with Gasteiger partial charge in [-0.15, -0.1) is 0 Å². The van der Waals surface area contributed by atoms with Gasteiger partial charge in [-0.3, -0.25) is 0 Å². The average Bonchev–Trinajstić information content (AvgIpc) is 2.50. The summed E-state index contributed by atoms with van der Waals surface area (Å²) in [5, 5.41) is 0. The minimum absolute atomic E-state index is 0.237. The topological polar surface area (TPSA) is 55.4 Å². The molecule has 130 valence electrons. The fraction of sp³-hybridized carbons (Fsp3) is 0.333. The molecule has 2 aromatic carbocycles. The second-order valence-electron chi connectivity index (χ2n) is 5.93. The van der Waals surface area contributed by atoms with Crippen LogP contribution < -0.4 is 9.46 Å². The van der Waals surface area contributed by atoms with Crippen LogP contribution in [0.4, 0.5) is 0 Å². The quantitative estimate of drug-likeness (QED) is 0.680. The number of nitrogens with one attached hydrogen (secondary N) is 1. The van der Waals surface area contributed by atoms with E-state index in [1.165, 1.54) is 5.56 Å². The number of aryl methyl sites for hydroxylation is 3. The molecule has 0 saturated heterocycles. The Labute approximate surface area is 157 Å². The van der Waals surface area contributed by atoms with E-state index >= 15 is 0 Å². The van der Waals surface area contributed by atoms with Gasteiger partial charge in [0.15, 0.2) is 0 Å². The van der Waals surface area contributed by atoms with Gasteiger partial charge >= 0.3 is 0 Å². The molecule has 2 aromatic rings. The monoisotopic (exact) mass is 459 g/mol. The molecule has 0 heterocycles. The lowest BCUT2D eigenvalue weighted by molar-refractivity contribution is 0.411. The van der Waals surface area contributed by atoms with E-state index in [2.05, 4.69) is 46.4 Å². The van der Waals surface area contributed by atoms with Gasteiger partial charge in [0.05, 0.1) is 15.6 Å². The summed E-state index contributed by atoms with van der Waals surface area (Å²) < 4.78 is 34.1. The number of hydrogen-bond donors (Lipinski definition) is 1. The molecule has 0 aliphatic carbocycles. The summed E-state index contributed by atoms with van der Waals surface area (Å²) in [5.41, 5.74) is 4.43. The van der Waals surface area contributed by atoms with Crippen LogP contribution in [0.25, 0.3) is 0 Å². The number of rotatable bonds is 5. The van der Waals surface area contributed by atoms with E-state index in [4.69, 9.17) is 4.74 Å². The van der Waals surface area contributed by atoms with E-state index in [0.29, 0.717) is 5.75 Å². The summed E-state index contributed by atoms with van der Waals surface area (Å²) in [6, 6.07) is 8.67. The van der Waals surface area contributed by atoms with Crippen molar-refractivity contribution in [2.45, 2.75) is 38.6 Å². The summed E-state index contributed by atoms with van der Waals surface area (Å²) in [5.74, 6) is 0.660. The van der Waals surface area contributed by atoms with Crippen molar-refractivity contribution in [3.63, 3.8) is 0 Å². The van der Waals surface area contributed by atoms with Gasteiger partial charge in [0.25, 0.3) is 0 Å². The van der Waals surface area contributed by atoms with Gasteiger partial charge < -0.3 is 4.74 Å². The third-order valence-corrected chi connectivity index (χ3v) is 6.50. The van der Waals surface area contributed by atoms with Gasteiger partial charge in [-0.2, -0.15) is 0 Å². The number of halogens is 1. The molecule has 0 fully saturated rings. The lowest BCUT2D eigenvalue weighted by Crippen LogP contribution is -2.27. The Morgan fingerprint density at radius 2 is 1.67 bits per heavy atom. The molecular formula is C18H22INO3S. The predicted molar refractivity (Wildman–Crippen MR) is 105 cm³/mol. The Morgan fingerprint density at radius 3 is 2.25 bits per heavy atom. The Morgan fingerprint density at radius 1 is 1.04 bits per heavy atom. The van der Waals surface area contributed by atoms with E-state index in [1.54, 1.807) is 25.3 Å². The average molecular weight is 459 g/mol. The molecule has 0 aromatic heterocycles. The summed E-state index contributed by atoms with van der Waals surface area (Å²) in [4.78, 5) is 0.237. The fourth-order valence-electron chi connectivity index (χ4n) is 2.63. The van der Waals surface area contributed by atoms with Gasteiger partial charge in [0, 0.05) is 6.04 Å². The zero-order valence-electron chi connectivity index (χ0n) is 14.5. The maximum Gasteiger partial charge on any atom is 0.241 e. The number of hydrogen-bond acceptors (Lipinski definition) is 3. The second-order valence-corrected chi connectivity index (χ2v) is 8.81. The first-order valence-corrected chi connectivity index (χ1v) is 10.2. The maximum atomic E-state index is 12.7. The Balaban J connectivity index is 2.32. The number of ether oxygens (including phenoxy) is 1. The minimum atomic E-state index is -3.61. The van der Waals surface area contributed by atoms with Crippen LogP contribution in [0.15, 0.2) is 35.2 Å². The Hall–Kier alpha value is -1.12. The van der Waals surface area contributed by atoms with E-state index in [1.807, 2.05) is 20.8 Å². The molecule has 2 rings (SSSR count). The number of benzene rings is 2. The summed E-state index contributed by atoms with van der Waals surface area (Å²) >= 11 is 2.07. The third kappa shape index (κ3) is 4.10. The van der Waals surface area contributed by atoms with Crippen LogP contribution >= 0.6 is 22.6 Å². The summed E-state index contributed by atoms with van der Waals surface area (Å²) in [6.07, 6.45) is 0. The highest BCUT2D eigenvalue weighted by Crippen LogP contribution is 2.26. The van der Waals surface area contributed by atoms with Gasteiger partial charge in [-0.1, -0.05) is 12.1 Å². The van der Waals surface area contributed by atoms with Crippen LogP contribution in [0.5, 0.6) is 5.75 Å². The van der Waals surface area contributed by atoms with E-state index in [9.17, 15) is 8.42 Å². The van der Waals surface area contributed by atoms with E-state index in [-0.39, 0.29) is 10.9 Å². The molecule has 1 N–H and O–H groups in total. The normalized spacial score (nSPS) is 12.9. The largest absolute Gasteiger partial charge is 0.496 e. The van der Waals surface area contributed by atoms with Crippen molar-refractivity contribution < 1.29 is 13.2 Å². The zero-order chi connectivity index (χ0) is 18.1. The van der Waals surface area contributed by atoms with Crippen LogP contribution in [0.2, 0.25) is 0 Å². The first kappa shape index (κ1) is 19.2. The molecule has 4 nitrogen and oxygen atoms in total. The lowest BCUT2D eigenvalue weighted by atomic mass is 9.97. The molecule has 0 spiro atoms. The molecular weight excluding hydrogens is 437 g/mol. The standard InChI is InChI=1S/C18H22INO3S/c1-11-8-13(3)16(9-12(11)2)14(4)20-24(21,22)15-6-7-18(23-5)17(19)10-15/h6-10,14,20H,1-5H3/t14-/m1/s1. The molecule has 6 heteroatoms.